The number of hydrogen-bond donors (Lipinski definition) is 0. The molecular weight excluding hydrogens is 216 g/mol. The Morgan fingerprint density at radius 3 is 2.41 bits per heavy atom. The lowest BCUT2D eigenvalue weighted by atomic mass is 9.47. The summed E-state index contributed by atoms with van der Waals surface area (Å²) in [6, 6.07) is 0. The summed E-state index contributed by atoms with van der Waals surface area (Å²) < 4.78 is 4.60. The number of hydrogen-bond acceptors (Lipinski definition) is 3. The van der Waals surface area contributed by atoms with Crippen molar-refractivity contribution in [1.29, 1.82) is 0 Å². The van der Waals surface area contributed by atoms with Crippen LogP contribution in [0.5, 0.6) is 0 Å². The van der Waals surface area contributed by atoms with E-state index in [2.05, 4.69) is 24.7 Å². The van der Waals surface area contributed by atoms with Crippen molar-refractivity contribution in [3.63, 3.8) is 0 Å². The lowest BCUT2D eigenvalue weighted by molar-refractivity contribution is -0.165. The molecule has 0 N–H and O–H groups in total. The molecule has 3 aliphatic carbocycles. The van der Waals surface area contributed by atoms with Crippen LogP contribution in [0.2, 0.25) is 0 Å². The monoisotopic (exact) mass is 234 g/mol. The molecule has 2 atom stereocenters. The Morgan fingerprint density at radius 1 is 1.24 bits per heavy atom. The highest BCUT2D eigenvalue weighted by Gasteiger charge is 2.53. The normalized spacial score (nSPS) is 36.0. The van der Waals surface area contributed by atoms with Crippen molar-refractivity contribution in [2.45, 2.75) is 39.5 Å². The third kappa shape index (κ3) is 1.55. The maximum atomic E-state index is 11.3. The van der Waals surface area contributed by atoms with Crippen LogP contribution in [-0.2, 0) is 14.3 Å². The number of cyclic esters (lactones) is 2. The van der Waals surface area contributed by atoms with Crippen LogP contribution in [0.3, 0.4) is 0 Å². The van der Waals surface area contributed by atoms with Crippen molar-refractivity contribution in [2.75, 3.05) is 0 Å². The number of carbonyl (C=O) groups excluding carboxylic acids is 2. The van der Waals surface area contributed by atoms with Crippen molar-refractivity contribution in [2.24, 2.45) is 23.2 Å². The molecule has 4 rings (SSSR count). The molecule has 2 bridgehead atoms. The molecule has 92 valence electrons. The fourth-order valence-corrected chi connectivity index (χ4v) is 3.77. The van der Waals surface area contributed by atoms with Gasteiger partial charge in [-0.25, -0.2) is 0 Å². The van der Waals surface area contributed by atoms with E-state index in [1.54, 1.807) is 0 Å². The Kier molecular flexibility index (Phi) is 2.22. The summed E-state index contributed by atoms with van der Waals surface area (Å²) in [7, 11) is 0. The van der Waals surface area contributed by atoms with Crippen LogP contribution in [0.1, 0.15) is 39.5 Å². The molecule has 0 aromatic carbocycles. The predicted octanol–water partition coefficient (Wildman–Crippen LogP) is 2.46. The van der Waals surface area contributed by atoms with Crippen LogP contribution in [0.25, 0.3) is 0 Å². The lowest BCUT2D eigenvalue weighted by Gasteiger charge is -2.57. The van der Waals surface area contributed by atoms with Crippen molar-refractivity contribution < 1.29 is 14.3 Å². The Balaban J connectivity index is 1.83. The SMILES string of the molecule is CC1(C)C2CC=C(C3CC(=O)OC(=O)C3)C1C2. The van der Waals surface area contributed by atoms with Gasteiger partial charge < -0.3 is 4.74 Å². The zero-order valence-electron chi connectivity index (χ0n) is 10.4. The number of esters is 2. The van der Waals surface area contributed by atoms with E-state index in [4.69, 9.17) is 0 Å². The van der Waals surface area contributed by atoms with Gasteiger partial charge >= 0.3 is 11.9 Å². The topological polar surface area (TPSA) is 43.4 Å². The summed E-state index contributed by atoms with van der Waals surface area (Å²) in [6.07, 6.45) is 5.39. The van der Waals surface area contributed by atoms with Gasteiger partial charge in [0.15, 0.2) is 0 Å². The first-order chi connectivity index (χ1) is 7.98. The summed E-state index contributed by atoms with van der Waals surface area (Å²) >= 11 is 0. The van der Waals surface area contributed by atoms with Crippen LogP contribution in [0.15, 0.2) is 11.6 Å². The lowest BCUT2D eigenvalue weighted by Crippen LogP contribution is -2.49. The zero-order chi connectivity index (χ0) is 12.2. The average molecular weight is 234 g/mol. The van der Waals surface area contributed by atoms with E-state index >= 15 is 0 Å². The van der Waals surface area contributed by atoms with E-state index < -0.39 is 0 Å². The van der Waals surface area contributed by atoms with E-state index in [0.29, 0.717) is 24.2 Å². The third-order valence-corrected chi connectivity index (χ3v) is 5.04. The highest BCUT2D eigenvalue weighted by Crippen LogP contribution is 2.61. The molecule has 0 aromatic heterocycles. The van der Waals surface area contributed by atoms with Gasteiger partial charge in [0.05, 0.1) is 12.8 Å². The molecule has 2 fully saturated rings. The second-order valence-electron chi connectivity index (χ2n) is 6.20. The largest absolute Gasteiger partial charge is 0.393 e. The highest BCUT2D eigenvalue weighted by molar-refractivity contribution is 5.89. The van der Waals surface area contributed by atoms with Gasteiger partial charge in [-0.2, -0.15) is 0 Å². The van der Waals surface area contributed by atoms with E-state index in [9.17, 15) is 9.59 Å². The molecule has 0 spiro atoms. The van der Waals surface area contributed by atoms with E-state index in [-0.39, 0.29) is 17.9 Å². The minimum absolute atomic E-state index is 0.106. The van der Waals surface area contributed by atoms with E-state index in [1.807, 2.05) is 0 Å². The minimum Gasteiger partial charge on any atom is -0.393 e. The average Bonchev–Trinajstić information content (AvgIpc) is 2.27. The summed E-state index contributed by atoms with van der Waals surface area (Å²) in [4.78, 5) is 22.7. The molecule has 17 heavy (non-hydrogen) atoms. The van der Waals surface area contributed by atoms with Crippen molar-refractivity contribution >= 4 is 11.9 Å². The van der Waals surface area contributed by atoms with Crippen LogP contribution >= 0.6 is 0 Å². The number of fused-ring (bicyclic) bond motifs is 1. The molecule has 0 aromatic rings. The van der Waals surface area contributed by atoms with E-state index in [0.717, 1.165) is 12.3 Å². The minimum atomic E-state index is -0.355. The standard InChI is InChI=1S/C14H18O3/c1-14(2)9-3-4-10(11(14)7-9)8-5-12(15)17-13(16)6-8/h4,8-9,11H,3,5-7H2,1-2H3. The van der Waals surface area contributed by atoms with Gasteiger partial charge in [-0.05, 0) is 30.1 Å². The highest BCUT2D eigenvalue weighted by atomic mass is 16.6. The smallest absolute Gasteiger partial charge is 0.314 e. The number of carbonyl (C=O) groups is 2. The second-order valence-corrected chi connectivity index (χ2v) is 6.20. The third-order valence-electron chi connectivity index (χ3n) is 5.04. The molecule has 0 radical (unpaired) electrons. The summed E-state index contributed by atoms with van der Waals surface area (Å²) in [5.74, 6) is 0.763. The molecule has 1 saturated heterocycles. The molecule has 1 aliphatic heterocycles. The molecular formula is C14H18O3. The predicted molar refractivity (Wildman–Crippen MR) is 61.9 cm³/mol. The molecule has 0 amide bonds. The molecule has 4 aliphatic rings. The number of ether oxygens (including phenoxy) is 1. The van der Waals surface area contributed by atoms with E-state index in [1.165, 1.54) is 12.0 Å². The molecule has 1 heterocycles. The van der Waals surface area contributed by atoms with Gasteiger partial charge in [-0.1, -0.05) is 25.5 Å². The first-order valence-electron chi connectivity index (χ1n) is 6.42. The Morgan fingerprint density at radius 2 is 1.88 bits per heavy atom. The number of allylic oxidation sites excluding steroid dienone is 2. The fourth-order valence-electron chi connectivity index (χ4n) is 3.77. The van der Waals surface area contributed by atoms with Gasteiger partial charge in [0, 0.05) is 5.92 Å². The maximum absolute atomic E-state index is 11.3. The van der Waals surface area contributed by atoms with Crippen LogP contribution in [-0.4, -0.2) is 11.9 Å². The Bertz CT molecular complexity index is 403. The van der Waals surface area contributed by atoms with Crippen LogP contribution in [0, 0.1) is 23.2 Å². The van der Waals surface area contributed by atoms with Crippen LogP contribution < -0.4 is 0 Å². The Hall–Kier alpha value is -1.12. The van der Waals surface area contributed by atoms with Gasteiger partial charge in [0.1, 0.15) is 0 Å². The first-order valence-corrected chi connectivity index (χ1v) is 6.42. The molecule has 3 nitrogen and oxygen atoms in total. The van der Waals surface area contributed by atoms with Gasteiger partial charge in [-0.15, -0.1) is 0 Å². The van der Waals surface area contributed by atoms with Gasteiger partial charge in [-0.3, -0.25) is 9.59 Å². The second kappa shape index (κ2) is 3.44. The van der Waals surface area contributed by atoms with Crippen LogP contribution in [0.4, 0.5) is 0 Å². The first kappa shape index (κ1) is 11.0. The summed E-state index contributed by atoms with van der Waals surface area (Å²) in [6.45, 7) is 4.61. The van der Waals surface area contributed by atoms with Crippen molar-refractivity contribution in [3.8, 4) is 0 Å². The van der Waals surface area contributed by atoms with Gasteiger partial charge in [0.25, 0.3) is 0 Å². The summed E-state index contributed by atoms with van der Waals surface area (Å²) in [5, 5.41) is 0. The van der Waals surface area contributed by atoms with Crippen molar-refractivity contribution in [1.82, 2.24) is 0 Å². The zero-order valence-corrected chi connectivity index (χ0v) is 10.4. The molecule has 3 heteroatoms. The van der Waals surface area contributed by atoms with Gasteiger partial charge in [0.2, 0.25) is 0 Å². The molecule has 2 unspecified atom stereocenters. The summed E-state index contributed by atoms with van der Waals surface area (Å²) in [5.41, 5.74) is 1.71. The maximum Gasteiger partial charge on any atom is 0.314 e. The fraction of sp³-hybridized carbons (Fsp3) is 0.714. The Labute approximate surface area is 101 Å². The quantitative estimate of drug-likeness (QED) is 0.397. The molecule has 1 saturated carbocycles. The van der Waals surface area contributed by atoms with Crippen molar-refractivity contribution in [3.05, 3.63) is 11.6 Å². The number of rotatable bonds is 1.